The maximum Gasteiger partial charge on any atom is 0.315 e. The van der Waals surface area contributed by atoms with Gasteiger partial charge in [-0.25, -0.2) is 0 Å². The van der Waals surface area contributed by atoms with Crippen LogP contribution in [0.2, 0.25) is 0 Å². The molecule has 2 rings (SSSR count). The van der Waals surface area contributed by atoms with E-state index in [0.717, 1.165) is 0 Å². The first-order valence-electron chi connectivity index (χ1n) is 4.08. The van der Waals surface area contributed by atoms with E-state index < -0.39 is 14.1 Å². The summed E-state index contributed by atoms with van der Waals surface area (Å²) in [6.45, 7) is 0. The molecule has 1 saturated heterocycles. The molecule has 0 amide bonds. The lowest BCUT2D eigenvalue weighted by molar-refractivity contribution is -0.368. The molecule has 0 saturated carbocycles. The van der Waals surface area contributed by atoms with Gasteiger partial charge in [0.1, 0.15) is 13.1 Å². The summed E-state index contributed by atoms with van der Waals surface area (Å²) in [5, 5.41) is 0.711. The van der Waals surface area contributed by atoms with Crippen LogP contribution in [0.5, 0.6) is 0 Å². The molecule has 1 aromatic rings. The Morgan fingerprint density at radius 2 is 2.07 bits per heavy atom. The molecular formula is C9H9O4P. The molecule has 14 heavy (non-hydrogen) atoms. The molecule has 5 heteroatoms. The van der Waals surface area contributed by atoms with E-state index in [4.69, 9.17) is 4.74 Å². The fourth-order valence-corrected chi connectivity index (χ4v) is 2.24. The van der Waals surface area contributed by atoms with Crippen molar-refractivity contribution >= 4 is 18.6 Å². The molecule has 0 radical (unpaired) electrons. The van der Waals surface area contributed by atoms with Gasteiger partial charge in [-0.2, -0.15) is 4.89 Å². The lowest BCUT2D eigenvalue weighted by Crippen LogP contribution is -2.41. The number of rotatable bonds is 2. The lowest BCUT2D eigenvalue weighted by atomic mass is 10.4. The zero-order valence-corrected chi connectivity index (χ0v) is 8.44. The fraction of sp³-hybridized carbons (Fsp3) is 0.222. The number of hydrogen-bond acceptors (Lipinski definition) is 4. The molecule has 74 valence electrons. The highest BCUT2D eigenvalue weighted by Gasteiger charge is 2.37. The Labute approximate surface area is 82.4 Å². The quantitative estimate of drug-likeness (QED) is 0.516. The van der Waals surface area contributed by atoms with Gasteiger partial charge >= 0.3 is 5.48 Å². The maximum atomic E-state index is 11.8. The van der Waals surface area contributed by atoms with Crippen LogP contribution in [0, 0.1) is 0 Å². The molecule has 2 unspecified atom stereocenters. The molecule has 4 nitrogen and oxygen atoms in total. The average molecular weight is 212 g/mol. The summed E-state index contributed by atoms with van der Waals surface area (Å²) in [6, 6.07) is 9.07. The number of methoxy groups -OCH3 is 1. The Morgan fingerprint density at radius 1 is 1.36 bits per heavy atom. The molecular weight excluding hydrogens is 203 g/mol. The highest BCUT2D eigenvalue weighted by molar-refractivity contribution is 7.59. The van der Waals surface area contributed by atoms with Crippen molar-refractivity contribution in [2.45, 2.75) is 6.29 Å². The molecule has 2 atom stereocenters. The molecule has 1 aromatic carbocycles. The zero-order valence-electron chi connectivity index (χ0n) is 7.54. The van der Waals surface area contributed by atoms with Crippen LogP contribution >= 0.6 is 7.77 Å². The normalized spacial score (nSPS) is 24.3. The Balaban J connectivity index is 2.27. The monoisotopic (exact) mass is 212 g/mol. The summed E-state index contributed by atoms with van der Waals surface area (Å²) in [7, 11) is -0.227. The van der Waals surface area contributed by atoms with Gasteiger partial charge in [-0.1, -0.05) is 18.2 Å². The molecule has 1 fully saturated rings. The van der Waals surface area contributed by atoms with Crippen molar-refractivity contribution < 1.29 is 19.4 Å². The number of hydrogen-bond donors (Lipinski definition) is 0. The van der Waals surface area contributed by atoms with E-state index in [1.807, 2.05) is 18.2 Å². The molecule has 0 N–H and O–H groups in total. The minimum atomic E-state index is -1.70. The van der Waals surface area contributed by atoms with Gasteiger partial charge in [0.15, 0.2) is 0 Å². The van der Waals surface area contributed by atoms with Crippen molar-refractivity contribution in [3.05, 3.63) is 30.3 Å². The average Bonchev–Trinajstić information content (AvgIpc) is 2.18. The van der Waals surface area contributed by atoms with Crippen molar-refractivity contribution in [3.63, 3.8) is 0 Å². The third-order valence-electron chi connectivity index (χ3n) is 1.83. The van der Waals surface area contributed by atoms with Crippen molar-refractivity contribution in [2.24, 2.45) is 0 Å². The van der Waals surface area contributed by atoms with E-state index >= 15 is 0 Å². The highest BCUT2D eigenvalue weighted by Crippen LogP contribution is 2.24. The number of ether oxygens (including phenoxy) is 1. The third-order valence-corrected chi connectivity index (χ3v) is 3.28. The topological polar surface area (TPSA) is 50.8 Å². The van der Waals surface area contributed by atoms with Crippen LogP contribution in [-0.2, 0) is 14.5 Å². The van der Waals surface area contributed by atoms with Gasteiger partial charge in [-0.05, 0) is 12.1 Å². The van der Waals surface area contributed by atoms with Gasteiger partial charge in [-0.15, -0.1) is 4.89 Å². The van der Waals surface area contributed by atoms with E-state index in [-0.39, 0.29) is 0 Å². The Kier molecular flexibility index (Phi) is 2.91. The summed E-state index contributed by atoms with van der Waals surface area (Å²) < 4.78 is 4.87. The third kappa shape index (κ3) is 1.71. The maximum absolute atomic E-state index is 11.8. The summed E-state index contributed by atoms with van der Waals surface area (Å²) in [5.74, 6) is 0. The second-order valence-corrected chi connectivity index (χ2v) is 4.26. The van der Waals surface area contributed by atoms with Crippen LogP contribution in [0.15, 0.2) is 30.3 Å². The van der Waals surface area contributed by atoms with Crippen LogP contribution in [0.1, 0.15) is 0 Å². The molecule has 0 spiro atoms. The largest absolute Gasteiger partial charge is 0.624 e. The van der Waals surface area contributed by atoms with E-state index in [9.17, 15) is 4.89 Å². The van der Waals surface area contributed by atoms with Crippen LogP contribution in [0.25, 0.3) is 0 Å². The SMILES string of the molecule is COC1OO/C1=[P+](/[O-])c1ccccc1. The predicted octanol–water partition coefficient (Wildman–Crippen LogP) is 0.133. The van der Waals surface area contributed by atoms with Crippen molar-refractivity contribution in [2.75, 3.05) is 7.11 Å². The Hall–Kier alpha value is -0.770. The van der Waals surface area contributed by atoms with Crippen LogP contribution < -0.4 is 10.2 Å². The van der Waals surface area contributed by atoms with Gasteiger partial charge in [-0.3, -0.25) is 0 Å². The molecule has 1 aliphatic rings. The van der Waals surface area contributed by atoms with E-state index in [1.54, 1.807) is 12.1 Å². The second-order valence-electron chi connectivity index (χ2n) is 2.72. The summed E-state index contributed by atoms with van der Waals surface area (Å²) in [5.41, 5.74) is 0.341. The second kappa shape index (κ2) is 4.17. The van der Waals surface area contributed by atoms with Crippen LogP contribution in [0.3, 0.4) is 0 Å². The molecule has 0 bridgehead atoms. The summed E-state index contributed by atoms with van der Waals surface area (Å²) in [4.78, 5) is 21.1. The lowest BCUT2D eigenvalue weighted by Gasteiger charge is -2.22. The van der Waals surface area contributed by atoms with Gasteiger partial charge in [0.25, 0.3) is 6.29 Å². The molecule has 0 aromatic heterocycles. The van der Waals surface area contributed by atoms with Gasteiger partial charge in [0, 0.05) is 7.11 Å². The standard InChI is InChI=1S/C9H9O4P/c1-11-8-9(13-12-8)14(10)7-5-3-2-4-6-7/h2-6,8H,1H3. The van der Waals surface area contributed by atoms with Gasteiger partial charge in [0.05, 0.1) is 0 Å². The smallest absolute Gasteiger partial charge is 0.315 e. The number of benzene rings is 1. The van der Waals surface area contributed by atoms with Crippen molar-refractivity contribution in [3.8, 4) is 0 Å². The minimum Gasteiger partial charge on any atom is -0.624 e. The predicted molar refractivity (Wildman–Crippen MR) is 51.0 cm³/mol. The Bertz CT molecular complexity index is 347. The highest BCUT2D eigenvalue weighted by atomic mass is 31.1. The Morgan fingerprint density at radius 3 is 2.57 bits per heavy atom. The molecule has 0 aliphatic carbocycles. The molecule has 1 heterocycles. The summed E-state index contributed by atoms with van der Waals surface area (Å²) in [6.07, 6.45) is -0.598. The van der Waals surface area contributed by atoms with Crippen molar-refractivity contribution in [1.29, 1.82) is 0 Å². The fourth-order valence-electron chi connectivity index (χ4n) is 1.09. The zero-order chi connectivity index (χ0) is 9.97. The van der Waals surface area contributed by atoms with Crippen molar-refractivity contribution in [1.82, 2.24) is 0 Å². The molecule has 1 aliphatic heterocycles. The first-order chi connectivity index (χ1) is 6.83. The van der Waals surface area contributed by atoms with E-state index in [1.165, 1.54) is 7.11 Å². The van der Waals surface area contributed by atoms with Crippen LogP contribution in [-0.4, -0.2) is 18.9 Å². The van der Waals surface area contributed by atoms with Gasteiger partial charge < -0.3 is 9.63 Å². The first kappa shape index (κ1) is 9.77. The minimum absolute atomic E-state index is 0.341. The summed E-state index contributed by atoms with van der Waals surface area (Å²) >= 11 is 0. The van der Waals surface area contributed by atoms with E-state index in [0.29, 0.717) is 10.8 Å². The van der Waals surface area contributed by atoms with Gasteiger partial charge in [0.2, 0.25) is 0 Å². The van der Waals surface area contributed by atoms with E-state index in [2.05, 4.69) is 9.78 Å². The first-order valence-corrected chi connectivity index (χ1v) is 5.34. The van der Waals surface area contributed by atoms with Crippen LogP contribution in [0.4, 0.5) is 0 Å².